The van der Waals surface area contributed by atoms with E-state index in [-0.39, 0.29) is 12.3 Å². The zero-order valence-corrected chi connectivity index (χ0v) is 6.71. The van der Waals surface area contributed by atoms with Crippen LogP contribution in [0.5, 0.6) is 0 Å². The highest BCUT2D eigenvalue weighted by Crippen LogP contribution is 1.98. The third-order valence-electron chi connectivity index (χ3n) is 1.63. The maximum atomic E-state index is 10.5. The topological polar surface area (TPSA) is 43.1 Å². The third kappa shape index (κ3) is 2.42. The van der Waals surface area contributed by atoms with Gasteiger partial charge in [0.15, 0.2) is 0 Å². The number of rotatable bonds is 3. The van der Waals surface area contributed by atoms with Crippen LogP contribution >= 0.6 is 0 Å². The van der Waals surface area contributed by atoms with Crippen molar-refractivity contribution in [3.05, 3.63) is 29.8 Å². The van der Waals surface area contributed by atoms with E-state index in [2.05, 4.69) is 0 Å². The molecule has 0 saturated carbocycles. The molecule has 1 rings (SSSR count). The number of carbonyl (C=O) groups excluding carboxylic acids is 1. The Bertz CT molecular complexity index is 327. The molecule has 2 N–H and O–H groups in total. The van der Waals surface area contributed by atoms with Crippen molar-refractivity contribution in [2.75, 3.05) is 0 Å². The fraction of sp³-hybridized carbons (Fsp3) is 0.222. The largest absolute Gasteiger partial charge is 0.370 e. The van der Waals surface area contributed by atoms with Crippen LogP contribution in [0.15, 0.2) is 24.2 Å². The lowest BCUT2D eigenvalue weighted by Crippen LogP contribution is -2.15. The molecule has 0 aliphatic carbocycles. The number of benzene rings is 1. The van der Waals surface area contributed by atoms with Crippen LogP contribution < -0.4 is 11.2 Å². The lowest BCUT2D eigenvalue weighted by atomic mass is 9.89. The van der Waals surface area contributed by atoms with Crippen molar-refractivity contribution in [3.8, 4) is 0 Å². The lowest BCUT2D eigenvalue weighted by molar-refractivity contribution is -0.117. The molecule has 3 heteroatoms. The van der Waals surface area contributed by atoms with Crippen molar-refractivity contribution in [2.45, 2.75) is 12.8 Å². The molecule has 0 atom stereocenters. The summed E-state index contributed by atoms with van der Waals surface area (Å²) < 4.78 is 7.35. The summed E-state index contributed by atoms with van der Waals surface area (Å²) in [5.74, 6) is -0.352. The Labute approximate surface area is 74.6 Å². The Balaban J connectivity index is 2.75. The first-order valence-corrected chi connectivity index (χ1v) is 3.73. The summed E-state index contributed by atoms with van der Waals surface area (Å²) in [4.78, 5) is 10.5. The predicted molar refractivity (Wildman–Crippen MR) is 49.3 cm³/mol. The first-order valence-electron chi connectivity index (χ1n) is 4.23. The first kappa shape index (κ1) is 7.41. The average Bonchev–Trinajstić information content (AvgIpc) is 2.06. The van der Waals surface area contributed by atoms with E-state index < -0.39 is 0 Å². The standard InChI is InChI=1S/C9H10BNO/c10-8-4-2-1-3-7(8)5-6-9(11)12/h1-4H,5-6H2,(H2,11,12)/i1D. The summed E-state index contributed by atoms with van der Waals surface area (Å²) in [6.07, 6.45) is 0.779. The van der Waals surface area contributed by atoms with Gasteiger partial charge < -0.3 is 5.73 Å². The molecule has 0 heterocycles. The van der Waals surface area contributed by atoms with Crippen LogP contribution in [0.2, 0.25) is 0 Å². The van der Waals surface area contributed by atoms with Crippen molar-refractivity contribution < 1.29 is 6.17 Å². The molecule has 1 amide bonds. The minimum absolute atomic E-state index is 0.271. The molecule has 1 aromatic carbocycles. The highest BCUT2D eigenvalue weighted by Gasteiger charge is 1.98. The van der Waals surface area contributed by atoms with Gasteiger partial charge in [-0.25, -0.2) is 0 Å². The van der Waals surface area contributed by atoms with E-state index in [4.69, 9.17) is 15.0 Å². The SMILES string of the molecule is [2H]c1ccc([B])c(CCC(N)=O)c1. The average molecular weight is 160 g/mol. The van der Waals surface area contributed by atoms with Crippen LogP contribution in [0.25, 0.3) is 0 Å². The van der Waals surface area contributed by atoms with Gasteiger partial charge in [-0.1, -0.05) is 35.3 Å². The summed E-state index contributed by atoms with van der Waals surface area (Å²) in [7, 11) is 5.64. The molecule has 2 nitrogen and oxygen atoms in total. The van der Waals surface area contributed by atoms with Gasteiger partial charge in [0.05, 0.1) is 1.37 Å². The molecule has 0 fully saturated rings. The minimum atomic E-state index is -0.352. The summed E-state index contributed by atoms with van der Waals surface area (Å²) in [6.45, 7) is 0. The Morgan fingerprint density at radius 3 is 3.08 bits per heavy atom. The van der Waals surface area contributed by atoms with Crippen LogP contribution in [0.3, 0.4) is 0 Å². The molecule has 0 aliphatic rings. The second-order valence-corrected chi connectivity index (χ2v) is 2.59. The van der Waals surface area contributed by atoms with E-state index in [1.54, 1.807) is 18.2 Å². The van der Waals surface area contributed by atoms with Gasteiger partial charge in [-0.2, -0.15) is 0 Å². The van der Waals surface area contributed by atoms with Crippen molar-refractivity contribution in [3.63, 3.8) is 0 Å². The minimum Gasteiger partial charge on any atom is -0.370 e. The quantitative estimate of drug-likeness (QED) is 0.616. The molecular weight excluding hydrogens is 149 g/mol. The molecule has 0 unspecified atom stereocenters. The fourth-order valence-corrected chi connectivity index (χ4v) is 0.951. The van der Waals surface area contributed by atoms with Gasteiger partial charge in [0.1, 0.15) is 7.85 Å². The smallest absolute Gasteiger partial charge is 0.217 e. The third-order valence-corrected chi connectivity index (χ3v) is 1.63. The van der Waals surface area contributed by atoms with E-state index in [9.17, 15) is 4.79 Å². The van der Waals surface area contributed by atoms with E-state index in [1.165, 1.54) is 0 Å². The van der Waals surface area contributed by atoms with Crippen LogP contribution in [-0.4, -0.2) is 13.8 Å². The molecule has 12 heavy (non-hydrogen) atoms. The maximum absolute atomic E-state index is 10.5. The number of amides is 1. The molecule has 0 spiro atoms. The second-order valence-electron chi connectivity index (χ2n) is 2.59. The summed E-state index contributed by atoms with van der Waals surface area (Å²) in [5.41, 5.74) is 6.42. The number of hydrogen-bond acceptors (Lipinski definition) is 1. The highest BCUT2D eigenvalue weighted by atomic mass is 16.1. The molecular formula is C9H10BNO. The van der Waals surface area contributed by atoms with E-state index in [1.807, 2.05) is 0 Å². The Morgan fingerprint density at radius 2 is 2.42 bits per heavy atom. The molecule has 0 aliphatic heterocycles. The number of nitrogens with two attached hydrogens (primary N) is 1. The summed E-state index contributed by atoms with van der Waals surface area (Å²) in [5, 5.41) is 0. The van der Waals surface area contributed by atoms with Crippen LogP contribution in [-0.2, 0) is 11.2 Å². The number of primary amides is 1. The van der Waals surface area contributed by atoms with Gasteiger partial charge in [-0.05, 0) is 6.42 Å². The monoisotopic (exact) mass is 160 g/mol. The van der Waals surface area contributed by atoms with E-state index in [0.29, 0.717) is 17.9 Å². The van der Waals surface area contributed by atoms with Crippen molar-refractivity contribution in [1.82, 2.24) is 0 Å². The van der Waals surface area contributed by atoms with Crippen molar-refractivity contribution >= 4 is 19.2 Å². The molecule has 2 radical (unpaired) electrons. The van der Waals surface area contributed by atoms with Crippen LogP contribution in [0, 0.1) is 0 Å². The van der Waals surface area contributed by atoms with Gasteiger partial charge in [0.2, 0.25) is 5.91 Å². The molecule has 60 valence electrons. The van der Waals surface area contributed by atoms with Crippen molar-refractivity contribution in [2.24, 2.45) is 5.73 Å². The van der Waals surface area contributed by atoms with Gasteiger partial charge in [-0.15, -0.1) is 0 Å². The Kier molecular flexibility index (Phi) is 2.44. The maximum Gasteiger partial charge on any atom is 0.217 e. The second kappa shape index (κ2) is 3.95. The molecule has 0 aromatic heterocycles. The summed E-state index contributed by atoms with van der Waals surface area (Å²) >= 11 is 0. The molecule has 0 saturated heterocycles. The zero-order chi connectivity index (χ0) is 9.84. The van der Waals surface area contributed by atoms with E-state index in [0.717, 1.165) is 5.56 Å². The van der Waals surface area contributed by atoms with Crippen LogP contribution in [0.1, 0.15) is 13.4 Å². The van der Waals surface area contributed by atoms with Gasteiger partial charge in [0.25, 0.3) is 0 Å². The molecule has 1 aromatic rings. The van der Waals surface area contributed by atoms with Gasteiger partial charge >= 0.3 is 0 Å². The summed E-state index contributed by atoms with van der Waals surface area (Å²) in [6, 6.07) is 5.33. The normalized spacial score (nSPS) is 10.8. The fourth-order valence-electron chi connectivity index (χ4n) is 0.951. The number of hydrogen-bond donors (Lipinski definition) is 1. The molecule has 0 bridgehead atoms. The van der Waals surface area contributed by atoms with Gasteiger partial charge in [-0.3, -0.25) is 4.79 Å². The Hall–Kier alpha value is -1.25. The highest BCUT2D eigenvalue weighted by molar-refractivity contribution is 6.33. The zero-order valence-electron chi connectivity index (χ0n) is 7.71. The van der Waals surface area contributed by atoms with Gasteiger partial charge in [0, 0.05) is 6.42 Å². The Morgan fingerprint density at radius 1 is 1.67 bits per heavy atom. The number of aryl methyl sites for hydroxylation is 1. The first-order chi connectivity index (χ1) is 6.09. The van der Waals surface area contributed by atoms with Crippen molar-refractivity contribution in [1.29, 1.82) is 0 Å². The number of carbonyl (C=O) groups is 1. The van der Waals surface area contributed by atoms with Crippen LogP contribution in [0.4, 0.5) is 0 Å². The predicted octanol–water partition coefficient (Wildman–Crippen LogP) is -0.102. The van der Waals surface area contributed by atoms with E-state index >= 15 is 0 Å². The lowest BCUT2D eigenvalue weighted by Gasteiger charge is -2.02.